The van der Waals surface area contributed by atoms with Crippen LogP contribution in [0.4, 0.5) is 0 Å². The number of Topliss-reactive ketones (excluding diaryl/α,β-unsaturated/α-hetero) is 1. The number of aryl methyl sites for hydroxylation is 2. The zero-order valence-electron chi connectivity index (χ0n) is 21.7. The molecule has 5 heteroatoms. The number of nitrogens with zero attached hydrogens (tertiary/aromatic N) is 2. The lowest BCUT2D eigenvalue weighted by Gasteiger charge is -2.27. The Balaban J connectivity index is 1.46. The third kappa shape index (κ3) is 5.46. The molecule has 0 bridgehead atoms. The molecule has 0 spiro atoms. The Kier molecular flexibility index (Phi) is 7.41. The molecule has 0 fully saturated rings. The number of rotatable bonds is 6. The van der Waals surface area contributed by atoms with Gasteiger partial charge in [0.1, 0.15) is 19.5 Å². The van der Waals surface area contributed by atoms with Crippen molar-refractivity contribution in [2.45, 2.75) is 58.4 Å². The number of hydrogen-bond donors (Lipinski definition) is 0. The maximum absolute atomic E-state index is 14.1. The minimum atomic E-state index is -0.225. The second kappa shape index (κ2) is 10.9. The summed E-state index contributed by atoms with van der Waals surface area (Å²) in [5.74, 6) is 1.29. The lowest BCUT2D eigenvalue weighted by atomic mass is 9.89. The number of allylic oxidation sites excluding steroid dienone is 4. The zero-order valence-corrected chi connectivity index (χ0v) is 21.7. The molecule has 37 heavy (non-hydrogen) atoms. The zero-order chi connectivity index (χ0) is 25.9. The van der Waals surface area contributed by atoms with Gasteiger partial charge >= 0.3 is 0 Å². The molecule has 3 aromatic rings. The summed E-state index contributed by atoms with van der Waals surface area (Å²) in [5.41, 5.74) is 5.52. The summed E-state index contributed by atoms with van der Waals surface area (Å²) in [4.78, 5) is 32.2. The van der Waals surface area contributed by atoms with Crippen molar-refractivity contribution in [3.63, 3.8) is 0 Å². The first kappa shape index (κ1) is 25.2. The van der Waals surface area contributed by atoms with Crippen molar-refractivity contribution >= 4 is 19.1 Å². The number of carbonyl (C=O) groups excluding carboxylic acids is 1. The molecule has 0 saturated carbocycles. The van der Waals surface area contributed by atoms with E-state index in [9.17, 15) is 9.59 Å². The van der Waals surface area contributed by atoms with E-state index in [1.165, 1.54) is 0 Å². The van der Waals surface area contributed by atoms with Gasteiger partial charge in [0.15, 0.2) is 0 Å². The Hall–Kier alpha value is -3.47. The fraction of sp³-hybridized carbons (Fsp3) is 0.344. The van der Waals surface area contributed by atoms with E-state index in [1.54, 1.807) is 0 Å². The van der Waals surface area contributed by atoms with Crippen molar-refractivity contribution in [2.24, 2.45) is 11.8 Å². The Morgan fingerprint density at radius 1 is 1.08 bits per heavy atom. The molecular formula is C32H33BN2O2. The Morgan fingerprint density at radius 2 is 1.81 bits per heavy atom. The standard InChI is InChI=1S/C32H33BN2O2/c1-21-7-6-10-26(19-21)31(25-8-4-3-5-9-25)35-22(2)34-29-18-14-24(13-17-28(29)32(35)37)30(36)20-23-11-15-27(33)16-12-23/h3-6,8-12,15-16,19,21,24,31H,7,13-14,17-18,20H2,1-2H3. The third-order valence-electron chi connectivity index (χ3n) is 7.74. The molecule has 5 rings (SSSR count). The number of hydrogen-bond acceptors (Lipinski definition) is 3. The first-order valence-corrected chi connectivity index (χ1v) is 13.3. The van der Waals surface area contributed by atoms with Crippen LogP contribution in [0.1, 0.15) is 60.4 Å². The van der Waals surface area contributed by atoms with Crippen LogP contribution in [0.25, 0.3) is 0 Å². The van der Waals surface area contributed by atoms with Crippen LogP contribution >= 0.6 is 0 Å². The van der Waals surface area contributed by atoms with Crippen molar-refractivity contribution in [3.8, 4) is 0 Å². The van der Waals surface area contributed by atoms with E-state index in [1.807, 2.05) is 54.0 Å². The van der Waals surface area contributed by atoms with E-state index < -0.39 is 0 Å². The number of ketones is 1. The second-order valence-electron chi connectivity index (χ2n) is 10.5. The summed E-state index contributed by atoms with van der Waals surface area (Å²) in [5, 5.41) is 0. The van der Waals surface area contributed by atoms with E-state index in [0.717, 1.165) is 46.6 Å². The van der Waals surface area contributed by atoms with Gasteiger partial charge in [-0.3, -0.25) is 14.2 Å². The minimum Gasteiger partial charge on any atom is -0.299 e. The smallest absolute Gasteiger partial charge is 0.257 e. The van der Waals surface area contributed by atoms with Crippen molar-refractivity contribution in [1.29, 1.82) is 0 Å². The highest BCUT2D eigenvalue weighted by Crippen LogP contribution is 2.32. The van der Waals surface area contributed by atoms with Gasteiger partial charge in [-0.25, -0.2) is 4.98 Å². The summed E-state index contributed by atoms with van der Waals surface area (Å²) in [7, 11) is 5.79. The van der Waals surface area contributed by atoms with E-state index in [0.29, 0.717) is 37.1 Å². The van der Waals surface area contributed by atoms with Gasteiger partial charge in [-0.1, -0.05) is 85.2 Å². The monoisotopic (exact) mass is 488 g/mol. The molecule has 2 aliphatic rings. The Bertz CT molecular complexity index is 1400. The molecule has 0 saturated heterocycles. The highest BCUT2D eigenvalue weighted by atomic mass is 16.1. The first-order valence-electron chi connectivity index (χ1n) is 13.3. The van der Waals surface area contributed by atoms with Crippen LogP contribution in [0, 0.1) is 18.8 Å². The highest BCUT2D eigenvalue weighted by molar-refractivity contribution is 6.32. The normalized spacial score (nSPS) is 20.0. The van der Waals surface area contributed by atoms with Crippen LogP contribution in [0.3, 0.4) is 0 Å². The van der Waals surface area contributed by atoms with Crippen LogP contribution in [0.2, 0.25) is 0 Å². The summed E-state index contributed by atoms with van der Waals surface area (Å²) >= 11 is 0. The summed E-state index contributed by atoms with van der Waals surface area (Å²) in [6, 6.07) is 17.5. The van der Waals surface area contributed by atoms with Gasteiger partial charge in [-0.15, -0.1) is 0 Å². The molecule has 0 amide bonds. The molecule has 0 N–H and O–H groups in total. The van der Waals surface area contributed by atoms with Gasteiger partial charge in [-0.2, -0.15) is 0 Å². The maximum atomic E-state index is 14.1. The number of aromatic nitrogens is 2. The first-order chi connectivity index (χ1) is 17.9. The lowest BCUT2D eigenvalue weighted by Crippen LogP contribution is -2.33. The molecule has 1 aromatic heterocycles. The fourth-order valence-corrected chi connectivity index (χ4v) is 5.75. The van der Waals surface area contributed by atoms with Gasteiger partial charge in [0.2, 0.25) is 0 Å². The highest BCUT2D eigenvalue weighted by Gasteiger charge is 2.29. The molecule has 4 nitrogen and oxygen atoms in total. The average molecular weight is 488 g/mol. The van der Waals surface area contributed by atoms with Crippen molar-refractivity contribution in [2.75, 3.05) is 0 Å². The van der Waals surface area contributed by atoms with Crippen molar-refractivity contribution < 1.29 is 4.79 Å². The summed E-state index contributed by atoms with van der Waals surface area (Å²) < 4.78 is 1.87. The Morgan fingerprint density at radius 3 is 2.54 bits per heavy atom. The van der Waals surface area contributed by atoms with Crippen molar-refractivity contribution in [1.82, 2.24) is 9.55 Å². The van der Waals surface area contributed by atoms with Gasteiger partial charge in [0.25, 0.3) is 5.56 Å². The van der Waals surface area contributed by atoms with Gasteiger partial charge < -0.3 is 0 Å². The number of carbonyl (C=O) groups is 1. The number of benzene rings is 2. The van der Waals surface area contributed by atoms with Crippen LogP contribution in [0.15, 0.2) is 83.2 Å². The third-order valence-corrected chi connectivity index (χ3v) is 7.74. The van der Waals surface area contributed by atoms with E-state index >= 15 is 0 Å². The molecule has 3 atom stereocenters. The van der Waals surface area contributed by atoms with Gasteiger partial charge in [0.05, 0.1) is 11.7 Å². The number of fused-ring (bicyclic) bond motifs is 1. The molecule has 186 valence electrons. The summed E-state index contributed by atoms with van der Waals surface area (Å²) in [6.07, 6.45) is 10.7. The maximum Gasteiger partial charge on any atom is 0.257 e. The predicted molar refractivity (Wildman–Crippen MR) is 149 cm³/mol. The predicted octanol–water partition coefficient (Wildman–Crippen LogP) is 4.76. The summed E-state index contributed by atoms with van der Waals surface area (Å²) in [6.45, 7) is 4.14. The average Bonchev–Trinajstić information content (AvgIpc) is 3.11. The van der Waals surface area contributed by atoms with Crippen LogP contribution < -0.4 is 11.0 Å². The molecule has 0 aliphatic heterocycles. The molecular weight excluding hydrogens is 455 g/mol. The van der Waals surface area contributed by atoms with E-state index in [-0.39, 0.29) is 23.3 Å². The largest absolute Gasteiger partial charge is 0.299 e. The molecule has 1 heterocycles. The minimum absolute atomic E-state index is 0.0236. The molecule has 2 aliphatic carbocycles. The quantitative estimate of drug-likeness (QED) is 0.371. The molecule has 2 aromatic carbocycles. The van der Waals surface area contributed by atoms with E-state index in [4.69, 9.17) is 12.8 Å². The van der Waals surface area contributed by atoms with Gasteiger partial charge in [0, 0.05) is 17.9 Å². The topological polar surface area (TPSA) is 52.0 Å². The van der Waals surface area contributed by atoms with Crippen LogP contribution in [0.5, 0.6) is 0 Å². The lowest BCUT2D eigenvalue weighted by molar-refractivity contribution is -0.122. The van der Waals surface area contributed by atoms with Crippen LogP contribution in [-0.2, 0) is 24.1 Å². The van der Waals surface area contributed by atoms with Gasteiger partial charge in [-0.05, 0) is 61.6 Å². The SMILES string of the molecule is [B]c1ccc(CC(=O)C2CCc3nc(C)n(C(C4=CC(C)CC=C4)c4ccccc4)c(=O)c3CC2)cc1. The van der Waals surface area contributed by atoms with Crippen LogP contribution in [-0.4, -0.2) is 23.2 Å². The molecule has 3 unspecified atom stereocenters. The second-order valence-corrected chi connectivity index (χ2v) is 10.5. The van der Waals surface area contributed by atoms with Crippen molar-refractivity contribution in [3.05, 3.63) is 117 Å². The Labute approximate surface area is 220 Å². The van der Waals surface area contributed by atoms with E-state index in [2.05, 4.69) is 37.3 Å². The fourth-order valence-electron chi connectivity index (χ4n) is 5.75. The molecule has 2 radical (unpaired) electrons.